The van der Waals surface area contributed by atoms with Crippen molar-refractivity contribution in [3.63, 3.8) is 0 Å². The van der Waals surface area contributed by atoms with Crippen LogP contribution in [0.5, 0.6) is 0 Å². The van der Waals surface area contributed by atoms with E-state index in [1.165, 1.54) is 6.07 Å². The minimum absolute atomic E-state index is 0.0730. The zero-order chi connectivity index (χ0) is 18.7. The number of amides is 1. The van der Waals surface area contributed by atoms with Gasteiger partial charge in [-0.2, -0.15) is 4.98 Å². The van der Waals surface area contributed by atoms with Crippen molar-refractivity contribution >= 4 is 11.9 Å². The second-order valence-corrected chi connectivity index (χ2v) is 6.64. The first kappa shape index (κ1) is 17.2. The number of benzene rings is 2. The summed E-state index contributed by atoms with van der Waals surface area (Å²) in [4.78, 5) is 17.2. The maximum absolute atomic E-state index is 14.4. The second kappa shape index (κ2) is 7.19. The first-order chi connectivity index (χ1) is 13.2. The molecule has 138 valence electrons. The first-order valence-corrected chi connectivity index (χ1v) is 8.90. The number of rotatable bonds is 5. The Morgan fingerprint density at radius 1 is 1.04 bits per heavy atom. The van der Waals surface area contributed by atoms with Crippen LogP contribution < -0.4 is 10.9 Å². The van der Waals surface area contributed by atoms with E-state index in [1.54, 1.807) is 18.2 Å². The molecule has 1 aliphatic carbocycles. The number of carbonyl (C=O) groups excluding carboxylic acids is 1. The van der Waals surface area contributed by atoms with E-state index in [1.807, 2.05) is 30.3 Å². The quantitative estimate of drug-likeness (QED) is 0.671. The van der Waals surface area contributed by atoms with Gasteiger partial charge in [-0.05, 0) is 18.9 Å². The van der Waals surface area contributed by atoms with Gasteiger partial charge < -0.3 is 4.52 Å². The van der Waals surface area contributed by atoms with Gasteiger partial charge in [0.1, 0.15) is 5.82 Å². The maximum Gasteiger partial charge on any atom is 0.340 e. The molecule has 1 aliphatic rings. The number of anilines is 1. The Kier molecular flexibility index (Phi) is 4.58. The molecule has 0 unspecified atom stereocenters. The molecule has 2 N–H and O–H groups in total. The van der Waals surface area contributed by atoms with E-state index < -0.39 is 5.41 Å². The van der Waals surface area contributed by atoms with E-state index in [2.05, 4.69) is 21.0 Å². The summed E-state index contributed by atoms with van der Waals surface area (Å²) in [7, 11) is 0. The Morgan fingerprint density at radius 3 is 2.48 bits per heavy atom. The molecule has 0 radical (unpaired) electrons. The molecule has 1 heterocycles. The highest BCUT2D eigenvalue weighted by Gasteiger charge is 2.44. The van der Waals surface area contributed by atoms with Crippen LogP contribution in [-0.2, 0) is 10.2 Å². The predicted molar refractivity (Wildman–Crippen MR) is 98.0 cm³/mol. The summed E-state index contributed by atoms with van der Waals surface area (Å²) in [5.74, 6) is -0.250. The molecule has 7 heteroatoms. The lowest BCUT2D eigenvalue weighted by Crippen LogP contribution is -2.45. The minimum Gasteiger partial charge on any atom is -0.313 e. The van der Waals surface area contributed by atoms with E-state index in [0.717, 1.165) is 18.4 Å². The molecule has 1 amide bonds. The van der Waals surface area contributed by atoms with Crippen LogP contribution in [0.25, 0.3) is 11.4 Å². The summed E-state index contributed by atoms with van der Waals surface area (Å²) in [6.07, 6.45) is 2.95. The van der Waals surface area contributed by atoms with Crippen LogP contribution in [0.15, 0.2) is 59.1 Å². The van der Waals surface area contributed by atoms with Crippen molar-refractivity contribution in [2.75, 3.05) is 5.43 Å². The summed E-state index contributed by atoms with van der Waals surface area (Å²) in [5.41, 5.74) is 5.63. The largest absolute Gasteiger partial charge is 0.340 e. The van der Waals surface area contributed by atoms with Crippen molar-refractivity contribution < 1.29 is 13.7 Å². The van der Waals surface area contributed by atoms with Crippen LogP contribution >= 0.6 is 0 Å². The van der Waals surface area contributed by atoms with Crippen LogP contribution in [0.4, 0.5) is 10.4 Å². The number of hydrazine groups is 1. The summed E-state index contributed by atoms with van der Waals surface area (Å²) in [6, 6.07) is 15.9. The van der Waals surface area contributed by atoms with Gasteiger partial charge in [0.05, 0.1) is 5.41 Å². The fraction of sp³-hybridized carbons (Fsp3) is 0.250. The van der Waals surface area contributed by atoms with Gasteiger partial charge in [-0.15, -0.1) is 0 Å². The molecule has 1 saturated carbocycles. The van der Waals surface area contributed by atoms with Crippen molar-refractivity contribution in [2.45, 2.75) is 31.1 Å². The van der Waals surface area contributed by atoms with Crippen LogP contribution in [-0.4, -0.2) is 16.0 Å². The van der Waals surface area contributed by atoms with Crippen LogP contribution in [0.1, 0.15) is 31.2 Å². The van der Waals surface area contributed by atoms with E-state index in [-0.39, 0.29) is 17.7 Å². The Hall–Kier alpha value is -3.22. The highest BCUT2D eigenvalue weighted by molar-refractivity contribution is 5.89. The number of hydrogen-bond acceptors (Lipinski definition) is 5. The lowest BCUT2D eigenvalue weighted by Gasteiger charge is -2.28. The number of aromatic nitrogens is 2. The van der Waals surface area contributed by atoms with Gasteiger partial charge in [0.25, 0.3) is 0 Å². The Balaban J connectivity index is 1.50. The zero-order valence-electron chi connectivity index (χ0n) is 14.6. The van der Waals surface area contributed by atoms with Gasteiger partial charge in [-0.1, -0.05) is 66.5 Å². The summed E-state index contributed by atoms with van der Waals surface area (Å²) < 4.78 is 19.5. The lowest BCUT2D eigenvalue weighted by molar-refractivity contribution is -0.126. The van der Waals surface area contributed by atoms with E-state index in [0.29, 0.717) is 24.2 Å². The average molecular weight is 366 g/mol. The van der Waals surface area contributed by atoms with Crippen molar-refractivity contribution in [3.05, 3.63) is 66.0 Å². The molecule has 0 bridgehead atoms. The van der Waals surface area contributed by atoms with Crippen molar-refractivity contribution in [1.29, 1.82) is 0 Å². The standard InChI is InChI=1S/C20H19FN4O2/c21-16-11-5-4-10-15(16)20(12-6-7-13-20)18(26)23-24-19-22-17(25-27-19)14-8-2-1-3-9-14/h1-5,8-11H,6-7,12-13H2,(H,23,26)(H,22,24,25). The number of nitrogens with one attached hydrogen (secondary N) is 2. The number of nitrogens with zero attached hydrogens (tertiary/aromatic N) is 2. The Bertz CT molecular complexity index is 936. The molecule has 1 fully saturated rings. The molecule has 27 heavy (non-hydrogen) atoms. The van der Waals surface area contributed by atoms with E-state index >= 15 is 0 Å². The highest BCUT2D eigenvalue weighted by atomic mass is 19.1. The SMILES string of the molecule is O=C(NNc1nc(-c2ccccc2)no1)C1(c2ccccc2F)CCCC1. The summed E-state index contributed by atoms with van der Waals surface area (Å²) in [6.45, 7) is 0. The fourth-order valence-corrected chi connectivity index (χ4v) is 3.66. The van der Waals surface area contributed by atoms with Crippen molar-refractivity contribution in [3.8, 4) is 11.4 Å². The molecular formula is C20H19FN4O2. The third-order valence-electron chi connectivity index (χ3n) is 5.02. The molecule has 3 aromatic rings. The van der Waals surface area contributed by atoms with Gasteiger partial charge >= 0.3 is 6.01 Å². The van der Waals surface area contributed by atoms with Crippen LogP contribution in [0, 0.1) is 5.82 Å². The van der Waals surface area contributed by atoms with Crippen LogP contribution in [0.2, 0.25) is 0 Å². The molecule has 1 aromatic heterocycles. The Morgan fingerprint density at radius 2 is 1.74 bits per heavy atom. The predicted octanol–water partition coefficient (Wildman–Crippen LogP) is 3.83. The highest BCUT2D eigenvalue weighted by Crippen LogP contribution is 2.42. The number of halogens is 1. The molecule has 0 aliphatic heterocycles. The summed E-state index contributed by atoms with van der Waals surface area (Å²) in [5, 5.41) is 3.89. The lowest BCUT2D eigenvalue weighted by atomic mass is 9.78. The average Bonchev–Trinajstić information content (AvgIpc) is 3.38. The molecule has 6 nitrogen and oxygen atoms in total. The summed E-state index contributed by atoms with van der Waals surface area (Å²) >= 11 is 0. The molecule has 0 atom stereocenters. The molecule has 4 rings (SSSR count). The Labute approximate surface area is 155 Å². The molecule has 0 saturated heterocycles. The monoisotopic (exact) mass is 366 g/mol. The topological polar surface area (TPSA) is 80.0 Å². The smallest absolute Gasteiger partial charge is 0.313 e. The van der Waals surface area contributed by atoms with Gasteiger partial charge in [-0.3, -0.25) is 10.2 Å². The van der Waals surface area contributed by atoms with Crippen LogP contribution in [0.3, 0.4) is 0 Å². The van der Waals surface area contributed by atoms with Gasteiger partial charge in [-0.25, -0.2) is 9.82 Å². The zero-order valence-corrected chi connectivity index (χ0v) is 14.6. The van der Waals surface area contributed by atoms with E-state index in [4.69, 9.17) is 4.52 Å². The van der Waals surface area contributed by atoms with Gasteiger partial charge in [0.15, 0.2) is 0 Å². The first-order valence-electron chi connectivity index (χ1n) is 8.90. The van der Waals surface area contributed by atoms with Crippen molar-refractivity contribution in [2.24, 2.45) is 0 Å². The molecular weight excluding hydrogens is 347 g/mol. The minimum atomic E-state index is -0.888. The number of hydrogen-bond donors (Lipinski definition) is 2. The second-order valence-electron chi connectivity index (χ2n) is 6.64. The molecule has 0 spiro atoms. The van der Waals surface area contributed by atoms with E-state index in [9.17, 15) is 9.18 Å². The van der Waals surface area contributed by atoms with Gasteiger partial charge in [0, 0.05) is 11.1 Å². The normalized spacial score (nSPS) is 15.4. The molecule has 2 aromatic carbocycles. The maximum atomic E-state index is 14.4. The third kappa shape index (κ3) is 3.28. The fourth-order valence-electron chi connectivity index (χ4n) is 3.66. The van der Waals surface area contributed by atoms with Gasteiger partial charge in [0.2, 0.25) is 11.7 Å². The number of carbonyl (C=O) groups is 1. The third-order valence-corrected chi connectivity index (χ3v) is 5.02. The van der Waals surface area contributed by atoms with Crippen molar-refractivity contribution in [1.82, 2.24) is 15.6 Å².